The first-order valence-electron chi connectivity index (χ1n) is 13.9. The molecule has 0 aliphatic carbocycles. The number of methoxy groups -OCH3 is 1. The fourth-order valence-corrected chi connectivity index (χ4v) is 10.1. The van der Waals surface area contributed by atoms with Gasteiger partial charge in [-0.2, -0.15) is 0 Å². The van der Waals surface area contributed by atoms with Gasteiger partial charge in [0.2, 0.25) is 10.0 Å². The van der Waals surface area contributed by atoms with Gasteiger partial charge in [0.1, 0.15) is 0 Å². The Labute approximate surface area is 240 Å². The maximum Gasteiger partial charge on any atom is 0.339 e. The summed E-state index contributed by atoms with van der Waals surface area (Å²) in [6.45, 7) is 19.2. The van der Waals surface area contributed by atoms with E-state index in [2.05, 4.69) is 61.5 Å². The fourth-order valence-electron chi connectivity index (χ4n) is 5.52. The third-order valence-corrected chi connectivity index (χ3v) is 11.4. The van der Waals surface area contributed by atoms with E-state index in [0.29, 0.717) is 30.4 Å². The molecule has 7 nitrogen and oxygen atoms in total. The molecular formula is C31H44N2O5SSi. The van der Waals surface area contributed by atoms with Crippen molar-refractivity contribution in [3.63, 3.8) is 0 Å². The minimum atomic E-state index is -3.61. The third-order valence-electron chi connectivity index (χ3n) is 7.54. The van der Waals surface area contributed by atoms with Gasteiger partial charge in [0.25, 0.3) is 0 Å². The van der Waals surface area contributed by atoms with E-state index in [-0.39, 0.29) is 5.75 Å². The number of benzene rings is 2. The molecule has 1 aromatic heterocycles. The van der Waals surface area contributed by atoms with Crippen LogP contribution in [0.5, 0.6) is 0 Å². The fraction of sp³-hybridized carbons (Fsp3) is 0.516. The van der Waals surface area contributed by atoms with Crippen molar-refractivity contribution in [2.75, 3.05) is 23.7 Å². The van der Waals surface area contributed by atoms with E-state index in [1.165, 1.54) is 7.11 Å². The normalized spacial score (nSPS) is 15.0. The lowest BCUT2D eigenvalue weighted by molar-refractivity contribution is -0.164. The van der Waals surface area contributed by atoms with Crippen LogP contribution in [0.25, 0.3) is 22.0 Å². The predicted molar refractivity (Wildman–Crippen MR) is 166 cm³/mol. The van der Waals surface area contributed by atoms with Crippen LogP contribution in [0.2, 0.25) is 25.7 Å². The van der Waals surface area contributed by atoms with Crippen LogP contribution in [-0.4, -0.2) is 52.0 Å². The second kappa shape index (κ2) is 10.7. The number of aromatic nitrogens is 1. The van der Waals surface area contributed by atoms with Crippen LogP contribution in [0.4, 0.5) is 5.69 Å². The van der Waals surface area contributed by atoms with E-state index >= 15 is 0 Å². The lowest BCUT2D eigenvalue weighted by Gasteiger charge is -2.36. The molecule has 0 unspecified atom stereocenters. The Morgan fingerprint density at radius 1 is 1.05 bits per heavy atom. The summed E-state index contributed by atoms with van der Waals surface area (Å²) < 4.78 is 43.4. The maximum absolute atomic E-state index is 13.9. The Balaban J connectivity index is 2.12. The van der Waals surface area contributed by atoms with Crippen LogP contribution < -0.4 is 4.31 Å². The van der Waals surface area contributed by atoms with E-state index in [4.69, 9.17) is 9.47 Å². The van der Waals surface area contributed by atoms with Crippen molar-refractivity contribution in [2.45, 2.75) is 85.5 Å². The number of rotatable bonds is 8. The summed E-state index contributed by atoms with van der Waals surface area (Å²) in [6, 6.07) is 11.0. The van der Waals surface area contributed by atoms with Crippen LogP contribution in [0.1, 0.15) is 49.3 Å². The molecule has 3 aromatic rings. The Kier molecular flexibility index (Phi) is 8.08. The number of nitrogens with zero attached hydrogens (tertiary/aromatic N) is 2. The largest absolute Gasteiger partial charge is 0.467 e. The van der Waals surface area contributed by atoms with E-state index < -0.39 is 35.8 Å². The first kappa shape index (κ1) is 30.3. The summed E-state index contributed by atoms with van der Waals surface area (Å²) in [7, 11) is -3.85. The molecule has 1 atom stereocenters. The Morgan fingerprint density at radius 3 is 2.23 bits per heavy atom. The number of anilines is 1. The molecule has 1 aliphatic rings. The van der Waals surface area contributed by atoms with Crippen molar-refractivity contribution in [3.05, 3.63) is 52.7 Å². The van der Waals surface area contributed by atoms with Crippen LogP contribution >= 0.6 is 0 Å². The molecule has 40 heavy (non-hydrogen) atoms. The molecule has 1 aliphatic heterocycles. The molecule has 2 aromatic carbocycles. The first-order valence-corrected chi connectivity index (χ1v) is 19.3. The number of carbonyl (C=O) groups is 1. The number of hydrogen-bond acceptors (Lipinski definition) is 5. The van der Waals surface area contributed by atoms with Crippen molar-refractivity contribution >= 4 is 40.7 Å². The van der Waals surface area contributed by atoms with E-state index in [1.54, 1.807) is 4.31 Å². The molecular weight excluding hydrogens is 541 g/mol. The van der Waals surface area contributed by atoms with Gasteiger partial charge in [-0.15, -0.1) is 0 Å². The van der Waals surface area contributed by atoms with E-state index in [1.807, 2.05) is 34.6 Å². The third kappa shape index (κ3) is 5.87. The first-order chi connectivity index (χ1) is 18.4. The van der Waals surface area contributed by atoms with Crippen molar-refractivity contribution in [3.8, 4) is 11.1 Å². The quantitative estimate of drug-likeness (QED) is 0.216. The number of carbonyl (C=O) groups excluding carboxylic acids is 1. The van der Waals surface area contributed by atoms with Crippen molar-refractivity contribution in [2.24, 2.45) is 0 Å². The number of aryl methyl sites for hydroxylation is 2. The molecule has 0 saturated carbocycles. The highest BCUT2D eigenvalue weighted by Crippen LogP contribution is 2.48. The van der Waals surface area contributed by atoms with Gasteiger partial charge in [-0.05, 0) is 70.3 Å². The van der Waals surface area contributed by atoms with Crippen LogP contribution in [0.3, 0.4) is 0 Å². The predicted octanol–water partition coefficient (Wildman–Crippen LogP) is 6.75. The summed E-state index contributed by atoms with van der Waals surface area (Å²) in [4.78, 5) is 13.4. The molecule has 9 heteroatoms. The Hall–Kier alpha value is -2.62. The average Bonchev–Trinajstić information content (AvgIpc) is 3.19. The zero-order chi connectivity index (χ0) is 29.8. The molecule has 4 rings (SSSR count). The van der Waals surface area contributed by atoms with Gasteiger partial charge in [-0.1, -0.05) is 49.5 Å². The monoisotopic (exact) mass is 584 g/mol. The van der Waals surface area contributed by atoms with Gasteiger partial charge in [0.05, 0.1) is 36.2 Å². The molecule has 0 spiro atoms. The highest BCUT2D eigenvalue weighted by Gasteiger charge is 2.39. The van der Waals surface area contributed by atoms with Gasteiger partial charge in [-0.3, -0.25) is 4.31 Å². The number of sulfonamides is 1. The van der Waals surface area contributed by atoms with Crippen molar-refractivity contribution in [1.82, 2.24) is 4.57 Å². The number of ether oxygens (including phenoxy) is 2. The topological polar surface area (TPSA) is 77.8 Å². The van der Waals surface area contributed by atoms with Crippen LogP contribution in [0, 0.1) is 20.8 Å². The molecule has 0 radical (unpaired) electrons. The smallest absolute Gasteiger partial charge is 0.339 e. The zero-order valence-electron chi connectivity index (χ0n) is 25.6. The maximum atomic E-state index is 13.9. The van der Waals surface area contributed by atoms with Crippen LogP contribution in [-0.2, 0) is 30.8 Å². The van der Waals surface area contributed by atoms with Crippen molar-refractivity contribution < 1.29 is 22.7 Å². The highest BCUT2D eigenvalue weighted by molar-refractivity contribution is 7.92. The zero-order valence-corrected chi connectivity index (χ0v) is 27.5. The number of esters is 1. The Bertz CT molecular complexity index is 1540. The summed E-state index contributed by atoms with van der Waals surface area (Å²) in [5, 5.41) is 0.911. The molecule has 0 fully saturated rings. The summed E-state index contributed by atoms with van der Waals surface area (Å²) >= 11 is 0. The molecule has 2 heterocycles. The summed E-state index contributed by atoms with van der Waals surface area (Å²) in [6.07, 6.45) is -1.04. The van der Waals surface area contributed by atoms with Gasteiger partial charge in [0.15, 0.2) is 6.10 Å². The minimum absolute atomic E-state index is 0.108. The second-order valence-corrected chi connectivity index (χ2v) is 20.8. The number of hydrogen-bond donors (Lipinski definition) is 0. The molecule has 0 amide bonds. The second-order valence-electron chi connectivity index (χ2n) is 13.2. The van der Waals surface area contributed by atoms with Gasteiger partial charge >= 0.3 is 5.97 Å². The van der Waals surface area contributed by atoms with Crippen LogP contribution in [0.15, 0.2) is 30.3 Å². The van der Waals surface area contributed by atoms with E-state index in [9.17, 15) is 13.2 Å². The van der Waals surface area contributed by atoms with Gasteiger partial charge in [-0.25, -0.2) is 13.2 Å². The molecule has 218 valence electrons. The lowest BCUT2D eigenvalue weighted by Crippen LogP contribution is -2.41. The molecule has 0 N–H and O–H groups in total. The van der Waals surface area contributed by atoms with Crippen molar-refractivity contribution in [1.29, 1.82) is 0 Å². The highest BCUT2D eigenvalue weighted by atomic mass is 32.2. The van der Waals surface area contributed by atoms with Gasteiger partial charge in [0, 0.05) is 31.3 Å². The minimum Gasteiger partial charge on any atom is -0.467 e. The lowest BCUT2D eigenvalue weighted by atomic mass is 9.87. The summed E-state index contributed by atoms with van der Waals surface area (Å²) in [5.74, 6) is -0.407. The average molecular weight is 585 g/mol. The molecule has 0 saturated heterocycles. The Morgan fingerprint density at radius 2 is 1.68 bits per heavy atom. The van der Waals surface area contributed by atoms with E-state index in [0.717, 1.165) is 38.9 Å². The summed E-state index contributed by atoms with van der Waals surface area (Å²) in [5.41, 5.74) is 6.23. The molecule has 0 bridgehead atoms. The van der Waals surface area contributed by atoms with Gasteiger partial charge < -0.3 is 14.0 Å². The SMILES string of the molecule is COC(=O)[C@@H](OC(C)(C)C)c1c(C)c2c3c(cc(C)n3CCN2S(=O)(=O)CC[Si](C)(C)C)c1-c1ccc(C)cc1. The standard InChI is InChI=1S/C31H44N2O5SSi/c1-20-11-13-23(14-12-20)26-24-19-21(2)32-15-16-33(39(35,36)17-18-40(8,9)10)27(28(24)32)22(3)25(26)29(30(34)37-7)38-31(4,5)6/h11-14,19,29H,15-18H2,1-10H3/t29-/m0/s1.